The second-order valence-electron chi connectivity index (χ2n) is 6.79. The molecule has 27 heavy (non-hydrogen) atoms. The number of hydrogen-bond acceptors (Lipinski definition) is 7. The minimum atomic E-state index is 1.00. The number of aromatic nitrogens is 4. The average Bonchev–Trinajstić information content (AvgIpc) is 3.38. The molecule has 7 heteroatoms. The van der Waals surface area contributed by atoms with Crippen molar-refractivity contribution in [2.24, 2.45) is 0 Å². The van der Waals surface area contributed by atoms with Gasteiger partial charge in [-0.05, 0) is 49.9 Å². The molecule has 134 valence electrons. The van der Waals surface area contributed by atoms with Crippen LogP contribution in [0.2, 0.25) is 0 Å². The van der Waals surface area contributed by atoms with Crippen molar-refractivity contribution < 1.29 is 0 Å². The smallest absolute Gasteiger partial charge is 0.113 e. The van der Waals surface area contributed by atoms with Gasteiger partial charge in [0.05, 0.1) is 23.5 Å². The van der Waals surface area contributed by atoms with E-state index in [-0.39, 0.29) is 0 Å². The predicted molar refractivity (Wildman–Crippen MR) is 116 cm³/mol. The van der Waals surface area contributed by atoms with E-state index in [1.54, 1.807) is 0 Å². The van der Waals surface area contributed by atoms with Gasteiger partial charge in [-0.3, -0.25) is 0 Å². The third-order valence-corrected chi connectivity index (χ3v) is 7.69. The van der Waals surface area contributed by atoms with E-state index in [0.29, 0.717) is 0 Å². The molecule has 0 aliphatic heterocycles. The minimum absolute atomic E-state index is 1.00. The van der Waals surface area contributed by atoms with Gasteiger partial charge in [-0.15, -0.1) is 11.3 Å². The lowest BCUT2D eigenvalue weighted by atomic mass is 10.0. The van der Waals surface area contributed by atoms with Crippen LogP contribution in [0.25, 0.3) is 42.9 Å². The van der Waals surface area contributed by atoms with Gasteiger partial charge in [0, 0.05) is 20.9 Å². The molecule has 3 aromatic heterocycles. The monoisotopic (exact) mass is 408 g/mol. The molecule has 0 aliphatic carbocycles. The summed E-state index contributed by atoms with van der Waals surface area (Å²) in [5.41, 5.74) is 11.3. The van der Waals surface area contributed by atoms with E-state index >= 15 is 0 Å². The highest BCUT2D eigenvalue weighted by molar-refractivity contribution is 7.19. The Morgan fingerprint density at radius 3 is 1.41 bits per heavy atom. The van der Waals surface area contributed by atoms with Crippen LogP contribution in [-0.4, -0.2) is 17.5 Å². The highest BCUT2D eigenvalue weighted by Gasteiger charge is 2.20. The second kappa shape index (κ2) is 6.15. The van der Waals surface area contributed by atoms with Crippen LogP contribution in [0.4, 0.5) is 0 Å². The fraction of sp³-hybridized carbons (Fsp3) is 0.200. The van der Waals surface area contributed by atoms with Gasteiger partial charge >= 0.3 is 0 Å². The van der Waals surface area contributed by atoms with Gasteiger partial charge in [-0.1, -0.05) is 24.3 Å². The highest BCUT2D eigenvalue weighted by atomic mass is 32.1. The summed E-state index contributed by atoms with van der Waals surface area (Å²) in [6.45, 7) is 8.56. The standard InChI is InChI=1S/C20H16N4S3/c1-9-5-7-13(17-15(9)21-26-23-17)19-11(3)12(4)20(25-19)14-8-6-10(2)16-18(14)24-27-22-16/h5-8H,1-4H3. The molecule has 0 spiro atoms. The van der Waals surface area contributed by atoms with Crippen molar-refractivity contribution in [2.45, 2.75) is 27.7 Å². The summed E-state index contributed by atoms with van der Waals surface area (Å²) in [5.74, 6) is 0. The second-order valence-corrected chi connectivity index (χ2v) is 8.87. The summed E-state index contributed by atoms with van der Waals surface area (Å²) >= 11 is 4.38. The lowest BCUT2D eigenvalue weighted by molar-refractivity contribution is 1.40. The maximum atomic E-state index is 4.58. The van der Waals surface area contributed by atoms with Crippen LogP contribution in [0, 0.1) is 27.7 Å². The van der Waals surface area contributed by atoms with E-state index in [1.807, 2.05) is 11.3 Å². The molecular weight excluding hydrogens is 392 g/mol. The molecule has 3 heterocycles. The fourth-order valence-corrected chi connectivity index (χ4v) is 6.06. The van der Waals surface area contributed by atoms with Crippen LogP contribution in [0.1, 0.15) is 22.3 Å². The highest BCUT2D eigenvalue weighted by Crippen LogP contribution is 2.45. The lowest BCUT2D eigenvalue weighted by Gasteiger charge is -2.03. The maximum Gasteiger partial charge on any atom is 0.113 e. The number of aryl methyl sites for hydroxylation is 2. The molecule has 0 unspecified atom stereocenters. The van der Waals surface area contributed by atoms with Gasteiger partial charge in [-0.25, -0.2) is 0 Å². The van der Waals surface area contributed by atoms with Crippen LogP contribution in [-0.2, 0) is 0 Å². The number of hydrogen-bond donors (Lipinski definition) is 0. The first-order chi connectivity index (χ1) is 13.1. The van der Waals surface area contributed by atoms with Crippen LogP contribution in [0.3, 0.4) is 0 Å². The van der Waals surface area contributed by atoms with Crippen molar-refractivity contribution in [3.05, 3.63) is 46.5 Å². The molecule has 4 nitrogen and oxygen atoms in total. The molecule has 0 atom stereocenters. The summed E-state index contributed by atoms with van der Waals surface area (Å²) in [4.78, 5) is 2.52. The summed E-state index contributed by atoms with van der Waals surface area (Å²) in [5, 5.41) is 0. The maximum absolute atomic E-state index is 4.58. The largest absolute Gasteiger partial charge is 0.173 e. The molecule has 0 fully saturated rings. The SMILES string of the molecule is Cc1c(-c2ccc(C)c3nsnc23)sc(-c2ccc(C)c3nsnc23)c1C. The van der Waals surface area contributed by atoms with Crippen molar-refractivity contribution in [2.75, 3.05) is 0 Å². The lowest BCUT2D eigenvalue weighted by Crippen LogP contribution is -1.85. The Hall–Kier alpha value is -2.22. The Morgan fingerprint density at radius 2 is 0.963 bits per heavy atom. The van der Waals surface area contributed by atoms with Crippen LogP contribution in [0.15, 0.2) is 24.3 Å². The Labute approximate surface area is 169 Å². The number of benzene rings is 2. The van der Waals surface area contributed by atoms with Crippen LogP contribution < -0.4 is 0 Å². The zero-order chi connectivity index (χ0) is 18.7. The number of rotatable bonds is 2. The Bertz CT molecular complexity index is 1230. The quantitative estimate of drug-likeness (QED) is 0.343. The summed E-state index contributed by atoms with van der Waals surface area (Å²) in [6, 6.07) is 8.63. The van der Waals surface area contributed by atoms with Crippen molar-refractivity contribution in [3.63, 3.8) is 0 Å². The Kier molecular flexibility index (Phi) is 3.86. The average molecular weight is 409 g/mol. The molecule has 0 saturated carbocycles. The predicted octanol–water partition coefficient (Wildman–Crippen LogP) is 6.33. The zero-order valence-corrected chi connectivity index (χ0v) is 17.8. The van der Waals surface area contributed by atoms with E-state index in [0.717, 1.165) is 22.1 Å². The molecule has 0 amide bonds. The first kappa shape index (κ1) is 16.9. The number of thiophene rings is 1. The van der Waals surface area contributed by atoms with Gasteiger partial charge in [-0.2, -0.15) is 17.5 Å². The zero-order valence-electron chi connectivity index (χ0n) is 15.3. The first-order valence-electron chi connectivity index (χ1n) is 8.60. The van der Waals surface area contributed by atoms with E-state index in [1.165, 1.54) is 66.6 Å². The van der Waals surface area contributed by atoms with E-state index < -0.39 is 0 Å². The molecule has 2 aromatic carbocycles. The molecule has 0 saturated heterocycles. The summed E-state index contributed by atoms with van der Waals surface area (Å²) < 4.78 is 18.1. The van der Waals surface area contributed by atoms with Crippen molar-refractivity contribution in [1.82, 2.24) is 17.5 Å². The van der Waals surface area contributed by atoms with Crippen molar-refractivity contribution in [1.29, 1.82) is 0 Å². The van der Waals surface area contributed by atoms with E-state index in [9.17, 15) is 0 Å². The molecule has 0 aliphatic rings. The van der Waals surface area contributed by atoms with Crippen LogP contribution >= 0.6 is 34.8 Å². The molecular formula is C20H16N4S3. The van der Waals surface area contributed by atoms with Crippen LogP contribution in [0.5, 0.6) is 0 Å². The third-order valence-electron chi connectivity index (χ3n) is 5.17. The van der Waals surface area contributed by atoms with Gasteiger partial charge in [0.2, 0.25) is 0 Å². The van der Waals surface area contributed by atoms with Gasteiger partial charge < -0.3 is 0 Å². The minimum Gasteiger partial charge on any atom is -0.173 e. The normalized spacial score (nSPS) is 11.7. The molecule has 0 radical (unpaired) electrons. The topological polar surface area (TPSA) is 51.6 Å². The number of nitrogens with zero attached hydrogens (tertiary/aromatic N) is 4. The third kappa shape index (κ3) is 2.46. The Morgan fingerprint density at radius 1 is 0.556 bits per heavy atom. The number of fused-ring (bicyclic) bond motifs is 2. The Balaban J connectivity index is 1.78. The molecule has 5 aromatic rings. The molecule has 5 rings (SSSR count). The van der Waals surface area contributed by atoms with Crippen molar-refractivity contribution >= 4 is 56.9 Å². The summed E-state index contributed by atoms with van der Waals surface area (Å²) in [7, 11) is 0. The fourth-order valence-electron chi connectivity index (χ4n) is 3.46. The van der Waals surface area contributed by atoms with Gasteiger partial charge in [0.1, 0.15) is 22.1 Å². The van der Waals surface area contributed by atoms with Gasteiger partial charge in [0.25, 0.3) is 0 Å². The van der Waals surface area contributed by atoms with E-state index in [2.05, 4.69) is 69.5 Å². The molecule has 0 bridgehead atoms. The summed E-state index contributed by atoms with van der Waals surface area (Å²) in [6.07, 6.45) is 0. The molecule has 0 N–H and O–H groups in total. The van der Waals surface area contributed by atoms with Gasteiger partial charge in [0.15, 0.2) is 0 Å². The van der Waals surface area contributed by atoms with Crippen molar-refractivity contribution in [3.8, 4) is 20.9 Å². The van der Waals surface area contributed by atoms with E-state index in [4.69, 9.17) is 0 Å². The first-order valence-corrected chi connectivity index (χ1v) is 10.9.